The van der Waals surface area contributed by atoms with Crippen molar-refractivity contribution in [2.24, 2.45) is 5.92 Å². The highest BCUT2D eigenvalue weighted by Gasteiger charge is 2.35. The van der Waals surface area contributed by atoms with Gasteiger partial charge in [-0.3, -0.25) is 9.59 Å². The smallest absolute Gasteiger partial charge is 0.227 e. The topological polar surface area (TPSA) is 69.6 Å². The molecule has 1 aliphatic rings. The second-order valence-corrected chi connectivity index (χ2v) is 5.35. The van der Waals surface area contributed by atoms with Gasteiger partial charge in [0.25, 0.3) is 0 Å². The second-order valence-electron chi connectivity index (χ2n) is 5.35. The molecule has 1 fully saturated rings. The fraction of sp³-hybridized carbons (Fsp3) is 0.467. The summed E-state index contributed by atoms with van der Waals surface area (Å²) >= 11 is 0. The van der Waals surface area contributed by atoms with Crippen molar-refractivity contribution in [1.82, 2.24) is 10.2 Å². The highest BCUT2D eigenvalue weighted by atomic mass is 19.1. The van der Waals surface area contributed by atoms with Gasteiger partial charge in [-0.1, -0.05) is 12.1 Å². The molecule has 0 aliphatic carbocycles. The number of rotatable bonds is 4. The number of amides is 2. The number of hydrogen-bond donors (Lipinski definition) is 2. The predicted molar refractivity (Wildman–Crippen MR) is 74.9 cm³/mol. The van der Waals surface area contributed by atoms with Crippen LogP contribution in [0.15, 0.2) is 24.3 Å². The Bertz CT molecular complexity index is 518. The van der Waals surface area contributed by atoms with Crippen molar-refractivity contribution in [3.05, 3.63) is 35.6 Å². The van der Waals surface area contributed by atoms with Crippen LogP contribution in [0.3, 0.4) is 0 Å². The number of carbonyl (C=O) groups is 2. The summed E-state index contributed by atoms with van der Waals surface area (Å²) in [5.74, 6) is -0.747. The van der Waals surface area contributed by atoms with Crippen LogP contribution in [0.25, 0.3) is 0 Å². The van der Waals surface area contributed by atoms with Crippen LogP contribution in [-0.2, 0) is 16.0 Å². The van der Waals surface area contributed by atoms with Gasteiger partial charge in [-0.25, -0.2) is 4.39 Å². The molecule has 2 atom stereocenters. The first-order chi connectivity index (χ1) is 9.99. The maximum absolute atomic E-state index is 12.8. The summed E-state index contributed by atoms with van der Waals surface area (Å²) in [5, 5.41) is 12.1. The van der Waals surface area contributed by atoms with E-state index in [4.69, 9.17) is 0 Å². The minimum absolute atomic E-state index is 0.0781. The van der Waals surface area contributed by atoms with Gasteiger partial charge in [0.15, 0.2) is 0 Å². The molecule has 6 heteroatoms. The SMILES string of the molecule is CC(=O)NC1CN(C(=O)Cc2ccc(F)cc2)CC1CO. The van der Waals surface area contributed by atoms with Crippen molar-refractivity contribution < 1.29 is 19.1 Å². The number of carbonyl (C=O) groups excluding carboxylic acids is 2. The van der Waals surface area contributed by atoms with Gasteiger partial charge in [-0.05, 0) is 17.7 Å². The molecule has 0 radical (unpaired) electrons. The maximum atomic E-state index is 12.8. The largest absolute Gasteiger partial charge is 0.396 e. The van der Waals surface area contributed by atoms with Gasteiger partial charge in [0.05, 0.1) is 12.5 Å². The summed E-state index contributed by atoms with van der Waals surface area (Å²) in [6, 6.07) is 5.59. The number of halogens is 1. The molecule has 2 rings (SSSR count). The molecular weight excluding hydrogens is 275 g/mol. The Labute approximate surface area is 122 Å². The molecule has 2 unspecified atom stereocenters. The van der Waals surface area contributed by atoms with E-state index in [1.165, 1.54) is 19.1 Å². The first kappa shape index (κ1) is 15.4. The number of hydrogen-bond acceptors (Lipinski definition) is 3. The minimum atomic E-state index is -0.335. The first-order valence-electron chi connectivity index (χ1n) is 6.89. The Balaban J connectivity index is 1.97. The van der Waals surface area contributed by atoms with Crippen LogP contribution in [0.1, 0.15) is 12.5 Å². The Morgan fingerprint density at radius 3 is 2.57 bits per heavy atom. The maximum Gasteiger partial charge on any atom is 0.227 e. The lowest BCUT2D eigenvalue weighted by Gasteiger charge is -2.17. The molecule has 1 aromatic rings. The van der Waals surface area contributed by atoms with Crippen LogP contribution >= 0.6 is 0 Å². The average molecular weight is 294 g/mol. The van der Waals surface area contributed by atoms with Gasteiger partial charge < -0.3 is 15.3 Å². The van der Waals surface area contributed by atoms with Gasteiger partial charge in [0.1, 0.15) is 5.82 Å². The van der Waals surface area contributed by atoms with Crippen molar-refractivity contribution in [3.63, 3.8) is 0 Å². The summed E-state index contributed by atoms with van der Waals surface area (Å²) in [4.78, 5) is 25.0. The molecular formula is C15H19FN2O3. The molecule has 2 amide bonds. The number of aliphatic hydroxyl groups is 1. The number of nitrogens with zero attached hydrogens (tertiary/aromatic N) is 1. The van der Waals surface area contributed by atoms with Gasteiger partial charge in [-0.2, -0.15) is 0 Å². The minimum Gasteiger partial charge on any atom is -0.396 e. The molecule has 2 N–H and O–H groups in total. The van der Waals surface area contributed by atoms with Crippen LogP contribution in [-0.4, -0.2) is 47.6 Å². The normalized spacial score (nSPS) is 21.4. The van der Waals surface area contributed by atoms with E-state index in [0.29, 0.717) is 13.1 Å². The summed E-state index contributed by atoms with van der Waals surface area (Å²) in [6.07, 6.45) is 0.186. The van der Waals surface area contributed by atoms with Crippen LogP contribution in [0.5, 0.6) is 0 Å². The molecule has 1 aromatic carbocycles. The molecule has 114 valence electrons. The molecule has 0 aromatic heterocycles. The second kappa shape index (κ2) is 6.67. The zero-order valence-electron chi connectivity index (χ0n) is 11.9. The molecule has 1 saturated heterocycles. The van der Waals surface area contributed by atoms with Crippen LogP contribution in [0, 0.1) is 11.7 Å². The lowest BCUT2D eigenvalue weighted by molar-refractivity contribution is -0.130. The van der Waals surface area contributed by atoms with Gasteiger partial charge >= 0.3 is 0 Å². The molecule has 1 aliphatic heterocycles. The van der Waals surface area contributed by atoms with E-state index in [9.17, 15) is 19.1 Å². The molecule has 0 saturated carbocycles. The standard InChI is InChI=1S/C15H19FN2O3/c1-10(20)17-14-8-18(7-12(14)9-19)15(21)6-11-2-4-13(16)5-3-11/h2-5,12,14,19H,6-9H2,1H3,(H,17,20). The molecule has 0 spiro atoms. The van der Waals surface area contributed by atoms with E-state index >= 15 is 0 Å². The Morgan fingerprint density at radius 2 is 2.00 bits per heavy atom. The third-order valence-corrected chi connectivity index (χ3v) is 3.69. The molecule has 5 nitrogen and oxygen atoms in total. The van der Waals surface area contributed by atoms with E-state index in [0.717, 1.165) is 5.56 Å². The Morgan fingerprint density at radius 1 is 1.33 bits per heavy atom. The van der Waals surface area contributed by atoms with Gasteiger partial charge in [0, 0.05) is 32.5 Å². The number of nitrogens with one attached hydrogen (secondary N) is 1. The van der Waals surface area contributed by atoms with Crippen molar-refractivity contribution in [2.75, 3.05) is 19.7 Å². The third kappa shape index (κ3) is 4.01. The van der Waals surface area contributed by atoms with E-state index in [1.54, 1.807) is 17.0 Å². The van der Waals surface area contributed by atoms with Crippen LogP contribution < -0.4 is 5.32 Å². The monoisotopic (exact) mass is 294 g/mol. The van der Waals surface area contributed by atoms with Crippen LogP contribution in [0.2, 0.25) is 0 Å². The van der Waals surface area contributed by atoms with E-state index in [2.05, 4.69) is 5.32 Å². The summed E-state index contributed by atoms with van der Waals surface area (Å²) in [7, 11) is 0. The molecule has 1 heterocycles. The lowest BCUT2D eigenvalue weighted by Crippen LogP contribution is -2.40. The van der Waals surface area contributed by atoms with Crippen molar-refractivity contribution in [3.8, 4) is 0 Å². The van der Waals surface area contributed by atoms with E-state index < -0.39 is 0 Å². The molecule has 0 bridgehead atoms. The van der Waals surface area contributed by atoms with Crippen LogP contribution in [0.4, 0.5) is 4.39 Å². The quantitative estimate of drug-likeness (QED) is 0.840. The number of benzene rings is 1. The molecule has 21 heavy (non-hydrogen) atoms. The fourth-order valence-electron chi connectivity index (χ4n) is 2.57. The highest BCUT2D eigenvalue weighted by Crippen LogP contribution is 2.18. The summed E-state index contributed by atoms with van der Waals surface area (Å²) < 4.78 is 12.8. The highest BCUT2D eigenvalue weighted by molar-refractivity contribution is 5.79. The van der Waals surface area contributed by atoms with Crippen molar-refractivity contribution in [1.29, 1.82) is 0 Å². The predicted octanol–water partition coefficient (Wildman–Crippen LogP) is 0.324. The third-order valence-electron chi connectivity index (χ3n) is 3.69. The Hall–Kier alpha value is -1.95. The average Bonchev–Trinajstić information content (AvgIpc) is 2.83. The van der Waals surface area contributed by atoms with Gasteiger partial charge in [0.2, 0.25) is 11.8 Å². The summed E-state index contributed by atoms with van der Waals surface area (Å²) in [6.45, 7) is 2.15. The van der Waals surface area contributed by atoms with E-state index in [-0.39, 0.29) is 42.6 Å². The Kier molecular flexibility index (Phi) is 4.90. The number of likely N-dealkylation sites (tertiary alicyclic amines) is 1. The van der Waals surface area contributed by atoms with Crippen molar-refractivity contribution in [2.45, 2.75) is 19.4 Å². The summed E-state index contributed by atoms with van der Waals surface area (Å²) in [5.41, 5.74) is 0.741. The van der Waals surface area contributed by atoms with Gasteiger partial charge in [-0.15, -0.1) is 0 Å². The number of aliphatic hydroxyl groups excluding tert-OH is 1. The van der Waals surface area contributed by atoms with E-state index in [1.807, 2.05) is 0 Å². The fourth-order valence-corrected chi connectivity index (χ4v) is 2.57. The lowest BCUT2D eigenvalue weighted by atomic mass is 10.1. The first-order valence-corrected chi connectivity index (χ1v) is 6.89. The van der Waals surface area contributed by atoms with Crippen molar-refractivity contribution >= 4 is 11.8 Å². The zero-order chi connectivity index (χ0) is 15.4. The zero-order valence-corrected chi connectivity index (χ0v) is 11.9.